The second-order valence-electron chi connectivity index (χ2n) is 5.93. The van der Waals surface area contributed by atoms with E-state index in [1.54, 1.807) is 19.1 Å². The predicted molar refractivity (Wildman–Crippen MR) is 78.7 cm³/mol. The van der Waals surface area contributed by atoms with Gasteiger partial charge in [0.15, 0.2) is 11.6 Å². The topological polar surface area (TPSA) is 12.0 Å². The molecule has 2 rings (SSSR count). The van der Waals surface area contributed by atoms with E-state index in [1.807, 2.05) is 0 Å². The number of hydrogen-bond acceptors (Lipinski definition) is 1. The number of benzene rings is 1. The van der Waals surface area contributed by atoms with Crippen molar-refractivity contribution >= 4 is 0 Å². The average Bonchev–Trinajstić information content (AvgIpc) is 2.48. The van der Waals surface area contributed by atoms with Gasteiger partial charge in [0, 0.05) is 11.6 Å². The summed E-state index contributed by atoms with van der Waals surface area (Å²) in [6.07, 6.45) is 6.88. The van der Waals surface area contributed by atoms with Gasteiger partial charge in [-0.2, -0.15) is 0 Å². The Morgan fingerprint density at radius 3 is 2.50 bits per heavy atom. The van der Waals surface area contributed by atoms with Crippen LogP contribution in [0.15, 0.2) is 12.1 Å². The minimum absolute atomic E-state index is 0.0506. The fraction of sp³-hybridized carbons (Fsp3) is 0.647. The normalized spacial score (nSPS) is 18.2. The summed E-state index contributed by atoms with van der Waals surface area (Å²) in [6, 6.07) is 3.40. The van der Waals surface area contributed by atoms with Crippen LogP contribution in [-0.4, -0.2) is 6.54 Å². The zero-order chi connectivity index (χ0) is 14.5. The Hall–Kier alpha value is -0.960. The van der Waals surface area contributed by atoms with E-state index < -0.39 is 11.6 Å². The van der Waals surface area contributed by atoms with Gasteiger partial charge in [-0.05, 0) is 44.2 Å². The smallest absolute Gasteiger partial charge is 0.163 e. The van der Waals surface area contributed by atoms with E-state index in [2.05, 4.69) is 12.2 Å². The monoisotopic (exact) mass is 281 g/mol. The molecule has 3 heteroatoms. The molecule has 0 aromatic heterocycles. The van der Waals surface area contributed by atoms with Crippen LogP contribution in [-0.2, 0) is 0 Å². The molecule has 1 aliphatic rings. The molecular weight excluding hydrogens is 256 g/mol. The van der Waals surface area contributed by atoms with E-state index in [-0.39, 0.29) is 6.04 Å². The summed E-state index contributed by atoms with van der Waals surface area (Å²) >= 11 is 0. The maximum absolute atomic E-state index is 14.3. The van der Waals surface area contributed by atoms with Crippen LogP contribution in [0.5, 0.6) is 0 Å². The van der Waals surface area contributed by atoms with Gasteiger partial charge in [0.25, 0.3) is 0 Å². The van der Waals surface area contributed by atoms with Crippen LogP contribution < -0.4 is 5.32 Å². The molecular formula is C17H25F2N. The molecule has 0 spiro atoms. The second kappa shape index (κ2) is 7.16. The molecule has 112 valence electrons. The summed E-state index contributed by atoms with van der Waals surface area (Å²) < 4.78 is 28.1. The van der Waals surface area contributed by atoms with Crippen molar-refractivity contribution in [1.29, 1.82) is 0 Å². The molecule has 0 bridgehead atoms. The average molecular weight is 281 g/mol. The molecule has 1 atom stereocenters. The maximum Gasteiger partial charge on any atom is 0.163 e. The second-order valence-corrected chi connectivity index (χ2v) is 5.93. The Labute approximate surface area is 120 Å². The first-order valence-electron chi connectivity index (χ1n) is 7.83. The molecule has 1 saturated carbocycles. The zero-order valence-electron chi connectivity index (χ0n) is 12.5. The molecule has 1 fully saturated rings. The molecule has 0 aliphatic heterocycles. The third kappa shape index (κ3) is 3.38. The summed E-state index contributed by atoms with van der Waals surface area (Å²) in [5.74, 6) is -0.933. The molecule has 1 unspecified atom stereocenters. The van der Waals surface area contributed by atoms with Gasteiger partial charge in [-0.25, -0.2) is 8.78 Å². The van der Waals surface area contributed by atoms with Gasteiger partial charge in [0.1, 0.15) is 0 Å². The minimum Gasteiger partial charge on any atom is -0.310 e. The molecule has 1 nitrogen and oxygen atoms in total. The quantitative estimate of drug-likeness (QED) is 0.810. The molecule has 1 aliphatic carbocycles. The van der Waals surface area contributed by atoms with Crippen molar-refractivity contribution in [3.63, 3.8) is 0 Å². The van der Waals surface area contributed by atoms with Crippen molar-refractivity contribution in [2.45, 2.75) is 58.4 Å². The van der Waals surface area contributed by atoms with E-state index in [4.69, 9.17) is 0 Å². The Bertz CT molecular complexity index is 439. The summed E-state index contributed by atoms with van der Waals surface area (Å²) in [6.45, 7) is 4.55. The third-order valence-electron chi connectivity index (χ3n) is 4.38. The van der Waals surface area contributed by atoms with Crippen molar-refractivity contribution in [3.05, 3.63) is 34.9 Å². The van der Waals surface area contributed by atoms with Gasteiger partial charge in [-0.3, -0.25) is 0 Å². The summed E-state index contributed by atoms with van der Waals surface area (Å²) in [5, 5.41) is 3.44. The molecule has 1 N–H and O–H groups in total. The van der Waals surface area contributed by atoms with E-state index >= 15 is 0 Å². The molecule has 0 radical (unpaired) electrons. The van der Waals surface area contributed by atoms with Crippen LogP contribution in [0.3, 0.4) is 0 Å². The van der Waals surface area contributed by atoms with Crippen LogP contribution in [0.4, 0.5) is 8.78 Å². The van der Waals surface area contributed by atoms with E-state index in [1.165, 1.54) is 19.3 Å². The highest BCUT2D eigenvalue weighted by molar-refractivity contribution is 5.28. The molecule has 20 heavy (non-hydrogen) atoms. The van der Waals surface area contributed by atoms with Crippen molar-refractivity contribution in [2.75, 3.05) is 6.54 Å². The van der Waals surface area contributed by atoms with E-state index in [0.29, 0.717) is 17.0 Å². The number of hydrogen-bond donors (Lipinski definition) is 1. The lowest BCUT2D eigenvalue weighted by atomic mass is 9.80. The molecule has 1 aromatic carbocycles. The van der Waals surface area contributed by atoms with Crippen LogP contribution in [0.1, 0.15) is 62.6 Å². The highest BCUT2D eigenvalue weighted by atomic mass is 19.2. The fourth-order valence-corrected chi connectivity index (χ4v) is 3.20. The lowest BCUT2D eigenvalue weighted by molar-refractivity contribution is 0.265. The highest BCUT2D eigenvalue weighted by Gasteiger charge is 2.28. The maximum atomic E-state index is 14.3. The van der Waals surface area contributed by atoms with Crippen LogP contribution in [0.2, 0.25) is 0 Å². The first-order chi connectivity index (χ1) is 9.65. The van der Waals surface area contributed by atoms with Gasteiger partial charge in [-0.1, -0.05) is 38.3 Å². The molecule has 0 heterocycles. The van der Waals surface area contributed by atoms with Gasteiger partial charge in [-0.15, -0.1) is 0 Å². The zero-order valence-corrected chi connectivity index (χ0v) is 12.5. The Kier molecular flexibility index (Phi) is 5.53. The predicted octanol–water partition coefficient (Wildman–Crippen LogP) is 4.89. The van der Waals surface area contributed by atoms with Gasteiger partial charge >= 0.3 is 0 Å². The van der Waals surface area contributed by atoms with Crippen LogP contribution >= 0.6 is 0 Å². The first kappa shape index (κ1) is 15.4. The van der Waals surface area contributed by atoms with Gasteiger partial charge in [0.05, 0.1) is 0 Å². The fourth-order valence-electron chi connectivity index (χ4n) is 3.20. The number of rotatable bonds is 5. The summed E-state index contributed by atoms with van der Waals surface area (Å²) in [4.78, 5) is 0. The minimum atomic E-state index is -0.693. The summed E-state index contributed by atoms with van der Waals surface area (Å²) in [7, 11) is 0. The van der Waals surface area contributed by atoms with Crippen molar-refractivity contribution < 1.29 is 8.78 Å². The number of nitrogens with one attached hydrogen (secondary N) is 1. The van der Waals surface area contributed by atoms with Crippen LogP contribution in [0, 0.1) is 24.5 Å². The van der Waals surface area contributed by atoms with Crippen molar-refractivity contribution in [3.8, 4) is 0 Å². The largest absolute Gasteiger partial charge is 0.310 e. The van der Waals surface area contributed by atoms with Crippen molar-refractivity contribution in [1.82, 2.24) is 5.32 Å². The standard InChI is InChI=1S/C17H25F2N/c1-3-11-20-17(13-7-5-4-6-8-13)14-10-9-12(2)15(18)16(14)19/h9-10,13,17,20H,3-8,11H2,1-2H3. The molecule has 0 saturated heterocycles. The third-order valence-corrected chi connectivity index (χ3v) is 4.38. The van der Waals surface area contributed by atoms with E-state index in [0.717, 1.165) is 25.8 Å². The summed E-state index contributed by atoms with van der Waals surface area (Å²) in [5.41, 5.74) is 0.887. The van der Waals surface area contributed by atoms with Crippen LogP contribution in [0.25, 0.3) is 0 Å². The Balaban J connectivity index is 2.27. The van der Waals surface area contributed by atoms with Crippen molar-refractivity contribution in [2.24, 2.45) is 5.92 Å². The Morgan fingerprint density at radius 1 is 1.15 bits per heavy atom. The van der Waals surface area contributed by atoms with E-state index in [9.17, 15) is 8.78 Å². The highest BCUT2D eigenvalue weighted by Crippen LogP contribution is 2.36. The van der Waals surface area contributed by atoms with Gasteiger partial charge in [0.2, 0.25) is 0 Å². The molecule has 1 aromatic rings. The lowest BCUT2D eigenvalue weighted by Gasteiger charge is -2.32. The van der Waals surface area contributed by atoms with Gasteiger partial charge < -0.3 is 5.32 Å². The Morgan fingerprint density at radius 2 is 1.85 bits per heavy atom. The number of aryl methyl sites for hydroxylation is 1. The molecule has 0 amide bonds. The SMILES string of the molecule is CCCNC(c1ccc(C)c(F)c1F)C1CCCCC1. The lowest BCUT2D eigenvalue weighted by Crippen LogP contribution is -2.31. The first-order valence-corrected chi connectivity index (χ1v) is 7.83. The number of halogens is 2.